The van der Waals surface area contributed by atoms with E-state index in [4.69, 9.17) is 5.73 Å². The SMILES string of the molecule is CCc1cccnc1C(N)c1cc(F)ccc1F. The number of rotatable bonds is 3. The maximum Gasteiger partial charge on any atom is 0.128 e. The van der Waals surface area contributed by atoms with E-state index in [2.05, 4.69) is 4.98 Å². The van der Waals surface area contributed by atoms with Gasteiger partial charge in [-0.05, 0) is 36.2 Å². The highest BCUT2D eigenvalue weighted by Crippen LogP contribution is 2.24. The van der Waals surface area contributed by atoms with Gasteiger partial charge in [0.2, 0.25) is 0 Å². The Hall–Kier alpha value is -1.81. The van der Waals surface area contributed by atoms with Gasteiger partial charge in [-0.2, -0.15) is 0 Å². The van der Waals surface area contributed by atoms with Gasteiger partial charge >= 0.3 is 0 Å². The van der Waals surface area contributed by atoms with Crippen LogP contribution in [-0.2, 0) is 6.42 Å². The topological polar surface area (TPSA) is 38.9 Å². The molecule has 0 aliphatic heterocycles. The highest BCUT2D eigenvalue weighted by atomic mass is 19.1. The molecule has 0 saturated heterocycles. The van der Waals surface area contributed by atoms with Crippen LogP contribution in [0.1, 0.15) is 29.8 Å². The van der Waals surface area contributed by atoms with Crippen LogP contribution in [0.5, 0.6) is 0 Å². The molecule has 0 spiro atoms. The van der Waals surface area contributed by atoms with Crippen LogP contribution in [0.3, 0.4) is 0 Å². The van der Waals surface area contributed by atoms with Crippen LogP contribution in [0.4, 0.5) is 8.78 Å². The van der Waals surface area contributed by atoms with Crippen LogP contribution < -0.4 is 5.73 Å². The normalized spacial score (nSPS) is 12.4. The zero-order valence-electron chi connectivity index (χ0n) is 10.0. The molecule has 1 aromatic heterocycles. The summed E-state index contributed by atoms with van der Waals surface area (Å²) < 4.78 is 26.8. The molecule has 2 rings (SSSR count). The van der Waals surface area contributed by atoms with Gasteiger partial charge in [-0.3, -0.25) is 4.98 Å². The van der Waals surface area contributed by atoms with E-state index in [1.807, 2.05) is 13.0 Å². The molecular weight excluding hydrogens is 234 g/mol. The fourth-order valence-corrected chi connectivity index (χ4v) is 1.93. The summed E-state index contributed by atoms with van der Waals surface area (Å²) in [5.74, 6) is -1.02. The molecule has 1 aromatic carbocycles. The summed E-state index contributed by atoms with van der Waals surface area (Å²) in [5, 5.41) is 0. The zero-order chi connectivity index (χ0) is 13.1. The molecule has 2 nitrogen and oxygen atoms in total. The van der Waals surface area contributed by atoms with Crippen molar-refractivity contribution in [2.24, 2.45) is 5.73 Å². The highest BCUT2D eigenvalue weighted by Gasteiger charge is 2.18. The highest BCUT2D eigenvalue weighted by molar-refractivity contribution is 5.33. The second-order valence-electron chi connectivity index (χ2n) is 4.04. The molecule has 0 saturated carbocycles. The van der Waals surface area contributed by atoms with E-state index >= 15 is 0 Å². The molecule has 1 unspecified atom stereocenters. The molecule has 0 bridgehead atoms. The van der Waals surface area contributed by atoms with E-state index < -0.39 is 17.7 Å². The Bertz CT molecular complexity index is 555. The summed E-state index contributed by atoms with van der Waals surface area (Å²) in [4.78, 5) is 4.18. The zero-order valence-corrected chi connectivity index (χ0v) is 10.0. The molecule has 1 heterocycles. The molecule has 0 aliphatic carbocycles. The lowest BCUT2D eigenvalue weighted by Gasteiger charge is -2.15. The smallest absolute Gasteiger partial charge is 0.128 e. The van der Waals surface area contributed by atoms with E-state index in [-0.39, 0.29) is 5.56 Å². The van der Waals surface area contributed by atoms with Crippen LogP contribution in [0.15, 0.2) is 36.5 Å². The van der Waals surface area contributed by atoms with Crippen molar-refractivity contribution in [2.75, 3.05) is 0 Å². The number of halogens is 2. The number of hydrogen-bond acceptors (Lipinski definition) is 2. The lowest BCUT2D eigenvalue weighted by Crippen LogP contribution is -2.17. The van der Waals surface area contributed by atoms with Gasteiger partial charge in [0.1, 0.15) is 11.6 Å². The van der Waals surface area contributed by atoms with E-state index in [9.17, 15) is 8.78 Å². The first kappa shape index (κ1) is 12.6. The minimum Gasteiger partial charge on any atom is -0.319 e. The van der Waals surface area contributed by atoms with Crippen molar-refractivity contribution in [3.05, 3.63) is 65.0 Å². The lowest BCUT2D eigenvalue weighted by atomic mass is 9.98. The van der Waals surface area contributed by atoms with Gasteiger partial charge in [-0.25, -0.2) is 8.78 Å². The van der Waals surface area contributed by atoms with Gasteiger partial charge in [-0.15, -0.1) is 0 Å². The summed E-state index contributed by atoms with van der Waals surface area (Å²) in [6.45, 7) is 1.97. The Morgan fingerprint density at radius 3 is 2.78 bits per heavy atom. The third kappa shape index (κ3) is 2.38. The maximum atomic E-state index is 13.7. The summed E-state index contributed by atoms with van der Waals surface area (Å²) >= 11 is 0. The fourth-order valence-electron chi connectivity index (χ4n) is 1.93. The number of benzene rings is 1. The first-order valence-electron chi connectivity index (χ1n) is 5.77. The Kier molecular flexibility index (Phi) is 3.67. The maximum absolute atomic E-state index is 13.7. The van der Waals surface area contributed by atoms with Crippen molar-refractivity contribution in [3.63, 3.8) is 0 Å². The first-order valence-corrected chi connectivity index (χ1v) is 5.77. The molecule has 1 atom stereocenters. The Morgan fingerprint density at radius 2 is 2.06 bits per heavy atom. The third-order valence-electron chi connectivity index (χ3n) is 2.89. The Morgan fingerprint density at radius 1 is 1.28 bits per heavy atom. The van der Waals surface area contributed by atoms with Crippen LogP contribution in [0, 0.1) is 11.6 Å². The summed E-state index contributed by atoms with van der Waals surface area (Å²) in [6.07, 6.45) is 2.35. The minimum atomic E-state index is -0.753. The molecule has 0 aliphatic rings. The molecule has 4 heteroatoms. The monoisotopic (exact) mass is 248 g/mol. The number of nitrogens with zero attached hydrogens (tertiary/aromatic N) is 1. The van der Waals surface area contributed by atoms with Crippen molar-refractivity contribution in [1.82, 2.24) is 4.98 Å². The second-order valence-corrected chi connectivity index (χ2v) is 4.04. The van der Waals surface area contributed by atoms with E-state index in [1.54, 1.807) is 12.3 Å². The van der Waals surface area contributed by atoms with Gasteiger partial charge in [-0.1, -0.05) is 13.0 Å². The largest absolute Gasteiger partial charge is 0.319 e. The summed E-state index contributed by atoms with van der Waals surface area (Å²) in [7, 11) is 0. The predicted octanol–water partition coefficient (Wildman–Crippen LogP) is 2.97. The summed E-state index contributed by atoms with van der Waals surface area (Å²) in [6, 6.07) is 6.21. The first-order chi connectivity index (χ1) is 8.63. The number of hydrogen-bond donors (Lipinski definition) is 1. The van der Waals surface area contributed by atoms with Gasteiger partial charge in [0.25, 0.3) is 0 Å². The molecule has 2 aromatic rings. The quantitative estimate of drug-likeness (QED) is 0.907. The molecule has 0 amide bonds. The van der Waals surface area contributed by atoms with Crippen molar-refractivity contribution >= 4 is 0 Å². The number of aromatic nitrogens is 1. The van der Waals surface area contributed by atoms with Crippen LogP contribution in [0.25, 0.3) is 0 Å². The third-order valence-corrected chi connectivity index (χ3v) is 2.89. The van der Waals surface area contributed by atoms with Crippen molar-refractivity contribution in [1.29, 1.82) is 0 Å². The Labute approximate surface area is 104 Å². The Balaban J connectivity index is 2.47. The molecule has 0 fully saturated rings. The van der Waals surface area contributed by atoms with Crippen molar-refractivity contribution in [3.8, 4) is 0 Å². The average Bonchev–Trinajstić information content (AvgIpc) is 2.40. The van der Waals surface area contributed by atoms with Crippen LogP contribution in [0.2, 0.25) is 0 Å². The molecule has 18 heavy (non-hydrogen) atoms. The van der Waals surface area contributed by atoms with E-state index in [0.29, 0.717) is 5.69 Å². The van der Waals surface area contributed by atoms with Gasteiger partial charge in [0.15, 0.2) is 0 Å². The molecule has 2 N–H and O–H groups in total. The van der Waals surface area contributed by atoms with Gasteiger partial charge < -0.3 is 5.73 Å². The van der Waals surface area contributed by atoms with E-state index in [1.165, 1.54) is 0 Å². The van der Waals surface area contributed by atoms with Crippen LogP contribution >= 0.6 is 0 Å². The molecular formula is C14H14F2N2. The van der Waals surface area contributed by atoms with Gasteiger partial charge in [0.05, 0.1) is 11.7 Å². The standard InChI is InChI=1S/C14H14F2N2/c1-2-9-4-3-7-18-14(9)13(17)11-8-10(15)5-6-12(11)16/h3-8,13H,2,17H2,1H3. The number of nitrogens with two attached hydrogens (primary N) is 1. The van der Waals surface area contributed by atoms with Crippen LogP contribution in [-0.4, -0.2) is 4.98 Å². The lowest BCUT2D eigenvalue weighted by molar-refractivity contribution is 0.574. The average molecular weight is 248 g/mol. The fraction of sp³-hybridized carbons (Fsp3) is 0.214. The minimum absolute atomic E-state index is 0.128. The predicted molar refractivity (Wildman–Crippen MR) is 66.0 cm³/mol. The second kappa shape index (κ2) is 5.23. The molecule has 0 radical (unpaired) electrons. The number of aryl methyl sites for hydroxylation is 1. The summed E-state index contributed by atoms with van der Waals surface area (Å²) in [5.41, 5.74) is 7.65. The van der Waals surface area contributed by atoms with Gasteiger partial charge in [0, 0.05) is 11.8 Å². The van der Waals surface area contributed by atoms with Crippen molar-refractivity contribution in [2.45, 2.75) is 19.4 Å². The number of pyridine rings is 1. The van der Waals surface area contributed by atoms with E-state index in [0.717, 1.165) is 30.2 Å². The van der Waals surface area contributed by atoms with Crippen molar-refractivity contribution < 1.29 is 8.78 Å². The molecule has 94 valence electrons.